The van der Waals surface area contributed by atoms with Crippen molar-refractivity contribution in [1.82, 2.24) is 10.2 Å². The molecular weight excluding hydrogens is 380 g/mol. The number of ketones is 2. The summed E-state index contributed by atoms with van der Waals surface area (Å²) in [5.74, 6) is -3.44. The summed E-state index contributed by atoms with van der Waals surface area (Å²) in [5, 5.41) is 11.4. The van der Waals surface area contributed by atoms with Crippen LogP contribution in [0.4, 0.5) is 0 Å². The molecule has 9 heteroatoms. The molecular formula is C20H27N2O7+. The summed E-state index contributed by atoms with van der Waals surface area (Å²) in [6.45, 7) is 3.13. The van der Waals surface area contributed by atoms with E-state index in [1.54, 1.807) is 0 Å². The molecule has 0 aromatic carbocycles. The van der Waals surface area contributed by atoms with Crippen molar-refractivity contribution in [3.8, 4) is 0 Å². The number of carboxylic acids is 1. The number of carbonyl (C=O) groups is 6. The molecule has 0 radical (unpaired) electrons. The Morgan fingerprint density at radius 1 is 1.07 bits per heavy atom. The molecule has 0 aliphatic carbocycles. The SMILES string of the molecule is C[C@H](CC(=O)[C@H](C)NC(=O)CCCCC(=O)CCCN1C(=O)[C+]=CC1=O)C(=O)O. The molecule has 0 fully saturated rings. The molecule has 0 bridgehead atoms. The topological polar surface area (TPSA) is 138 Å². The van der Waals surface area contributed by atoms with Crippen LogP contribution in [0.15, 0.2) is 6.08 Å². The van der Waals surface area contributed by atoms with Crippen molar-refractivity contribution < 1.29 is 33.9 Å². The van der Waals surface area contributed by atoms with Crippen LogP contribution in [0.25, 0.3) is 0 Å². The quantitative estimate of drug-likeness (QED) is 0.247. The molecule has 0 unspecified atom stereocenters. The van der Waals surface area contributed by atoms with E-state index in [0.29, 0.717) is 25.7 Å². The predicted molar refractivity (Wildman–Crippen MR) is 101 cm³/mol. The van der Waals surface area contributed by atoms with E-state index in [2.05, 4.69) is 11.4 Å². The Labute approximate surface area is 169 Å². The smallest absolute Gasteiger partial charge is 0.416 e. The van der Waals surface area contributed by atoms with E-state index in [-0.39, 0.29) is 43.3 Å². The summed E-state index contributed by atoms with van der Waals surface area (Å²) in [6, 6.07) is -0.756. The van der Waals surface area contributed by atoms with Crippen molar-refractivity contribution in [2.45, 2.75) is 64.8 Å². The van der Waals surface area contributed by atoms with E-state index in [0.717, 1.165) is 11.0 Å². The number of aliphatic carboxylic acids is 1. The standard InChI is InChI=1S/C20H26N2O7/c1-13(20(28)29)12-16(24)14(2)21-17(25)8-4-3-6-15(23)7-5-11-22-18(26)9-10-19(22)27/h9,13-14H,3-8,11-12H2,1-2H3,(H-,21,25,28,29)/p+1/t13-,14+/m1/s1. The van der Waals surface area contributed by atoms with Gasteiger partial charge in [0.05, 0.1) is 18.5 Å². The number of rotatable bonds is 14. The number of imide groups is 1. The van der Waals surface area contributed by atoms with E-state index in [4.69, 9.17) is 5.11 Å². The third-order valence-corrected chi connectivity index (χ3v) is 4.57. The van der Waals surface area contributed by atoms with Crippen molar-refractivity contribution in [3.63, 3.8) is 0 Å². The van der Waals surface area contributed by atoms with E-state index >= 15 is 0 Å². The second-order valence-corrected chi connectivity index (χ2v) is 7.13. The summed E-state index contributed by atoms with van der Waals surface area (Å²) in [7, 11) is 0. The lowest BCUT2D eigenvalue weighted by molar-refractivity contribution is -0.143. The van der Waals surface area contributed by atoms with Crippen LogP contribution >= 0.6 is 0 Å². The number of carboxylic acid groups (broad SMARTS) is 1. The molecule has 0 aromatic rings. The van der Waals surface area contributed by atoms with Crippen LogP contribution in [-0.4, -0.2) is 57.9 Å². The minimum absolute atomic E-state index is 0.00681. The number of unbranched alkanes of at least 4 members (excludes halogenated alkanes) is 1. The molecule has 0 aromatic heterocycles. The first-order chi connectivity index (χ1) is 13.6. The zero-order chi connectivity index (χ0) is 22.0. The molecule has 1 aliphatic rings. The number of nitrogens with one attached hydrogen (secondary N) is 1. The van der Waals surface area contributed by atoms with Gasteiger partial charge in [0, 0.05) is 25.7 Å². The average Bonchev–Trinajstić information content (AvgIpc) is 2.97. The molecule has 1 rings (SSSR count). The summed E-state index contributed by atoms with van der Waals surface area (Å²) in [6.07, 6.45) is 5.31. The van der Waals surface area contributed by atoms with Gasteiger partial charge in [-0.15, -0.1) is 4.79 Å². The largest absolute Gasteiger partial charge is 0.481 e. The number of hydrogen-bond donors (Lipinski definition) is 2. The van der Waals surface area contributed by atoms with E-state index in [1.807, 2.05) is 0 Å². The van der Waals surface area contributed by atoms with Gasteiger partial charge in [-0.3, -0.25) is 19.2 Å². The van der Waals surface area contributed by atoms with Crippen molar-refractivity contribution >= 4 is 35.3 Å². The molecule has 0 spiro atoms. The number of amides is 3. The van der Waals surface area contributed by atoms with Crippen LogP contribution in [0, 0.1) is 12.0 Å². The first-order valence-corrected chi connectivity index (χ1v) is 9.63. The summed E-state index contributed by atoms with van der Waals surface area (Å²) < 4.78 is 0. The van der Waals surface area contributed by atoms with Crippen LogP contribution in [0.2, 0.25) is 0 Å². The highest BCUT2D eigenvalue weighted by atomic mass is 16.4. The van der Waals surface area contributed by atoms with Gasteiger partial charge in [-0.05, 0) is 26.2 Å². The lowest BCUT2D eigenvalue weighted by Crippen LogP contribution is -2.39. The maximum atomic E-state index is 11.9. The Balaban J connectivity index is 2.13. The molecule has 2 atom stereocenters. The van der Waals surface area contributed by atoms with Gasteiger partial charge in [-0.1, -0.05) is 6.92 Å². The normalized spacial score (nSPS) is 15.0. The van der Waals surface area contributed by atoms with Crippen LogP contribution in [-0.2, 0) is 28.8 Å². The molecule has 9 nitrogen and oxygen atoms in total. The van der Waals surface area contributed by atoms with Crippen molar-refractivity contribution in [1.29, 1.82) is 0 Å². The Morgan fingerprint density at radius 2 is 1.69 bits per heavy atom. The van der Waals surface area contributed by atoms with Gasteiger partial charge in [-0.25, -0.2) is 4.79 Å². The second-order valence-electron chi connectivity index (χ2n) is 7.13. The van der Waals surface area contributed by atoms with E-state index < -0.39 is 29.7 Å². The summed E-state index contributed by atoms with van der Waals surface area (Å²) in [4.78, 5) is 70.1. The minimum atomic E-state index is -1.06. The number of carbonyl (C=O) groups excluding carboxylic acids is 5. The molecule has 0 saturated heterocycles. The van der Waals surface area contributed by atoms with Crippen molar-refractivity contribution in [2.24, 2.45) is 5.92 Å². The molecule has 158 valence electrons. The minimum Gasteiger partial charge on any atom is -0.481 e. The number of hydrogen-bond acceptors (Lipinski definition) is 6. The van der Waals surface area contributed by atoms with Gasteiger partial charge in [0.1, 0.15) is 5.78 Å². The summed E-state index contributed by atoms with van der Waals surface area (Å²) in [5.41, 5.74) is 0. The molecule has 1 heterocycles. The maximum Gasteiger partial charge on any atom is 0.416 e. The summed E-state index contributed by atoms with van der Waals surface area (Å²) >= 11 is 0. The van der Waals surface area contributed by atoms with Gasteiger partial charge in [0.2, 0.25) is 12.0 Å². The van der Waals surface area contributed by atoms with Crippen molar-refractivity contribution in [3.05, 3.63) is 12.2 Å². The van der Waals surface area contributed by atoms with Gasteiger partial charge >= 0.3 is 17.8 Å². The average molecular weight is 407 g/mol. The third-order valence-electron chi connectivity index (χ3n) is 4.57. The van der Waals surface area contributed by atoms with Crippen LogP contribution < -0.4 is 5.32 Å². The fourth-order valence-electron chi connectivity index (χ4n) is 2.72. The van der Waals surface area contributed by atoms with Crippen LogP contribution in [0.3, 0.4) is 0 Å². The monoisotopic (exact) mass is 407 g/mol. The van der Waals surface area contributed by atoms with E-state index in [1.165, 1.54) is 13.8 Å². The van der Waals surface area contributed by atoms with Crippen molar-refractivity contribution in [2.75, 3.05) is 6.54 Å². The first kappa shape index (κ1) is 24.1. The molecule has 29 heavy (non-hydrogen) atoms. The third kappa shape index (κ3) is 8.74. The fourth-order valence-corrected chi connectivity index (χ4v) is 2.72. The predicted octanol–water partition coefficient (Wildman–Crippen LogP) is 0.809. The maximum absolute atomic E-state index is 11.9. The Bertz CT molecular complexity index is 681. The Hall–Kier alpha value is -2.93. The molecule has 3 amide bonds. The van der Waals surface area contributed by atoms with Crippen LogP contribution in [0.1, 0.15) is 58.8 Å². The fraction of sp³-hybridized carbons (Fsp3) is 0.600. The number of Topliss-reactive ketones (excluding diaryl/α,β-unsaturated/α-hetero) is 2. The number of nitrogens with zero attached hydrogens (tertiary/aromatic N) is 1. The molecule has 2 N–H and O–H groups in total. The second kappa shape index (κ2) is 11.8. The lowest BCUT2D eigenvalue weighted by atomic mass is 10.0. The van der Waals surface area contributed by atoms with Gasteiger partial charge in [0.15, 0.2) is 11.9 Å². The zero-order valence-electron chi connectivity index (χ0n) is 16.7. The highest BCUT2D eigenvalue weighted by Crippen LogP contribution is 2.09. The van der Waals surface area contributed by atoms with E-state index in [9.17, 15) is 28.8 Å². The highest BCUT2D eigenvalue weighted by molar-refractivity contribution is 6.10. The lowest BCUT2D eigenvalue weighted by Gasteiger charge is -2.14. The van der Waals surface area contributed by atoms with Gasteiger partial charge in [0.25, 0.3) is 0 Å². The zero-order valence-corrected chi connectivity index (χ0v) is 16.7. The molecule has 0 saturated carbocycles. The van der Waals surface area contributed by atoms with Gasteiger partial charge < -0.3 is 10.4 Å². The Kier molecular flexibility index (Phi) is 9.82. The van der Waals surface area contributed by atoms with Gasteiger partial charge in [-0.2, -0.15) is 4.90 Å². The van der Waals surface area contributed by atoms with Crippen LogP contribution in [0.5, 0.6) is 0 Å². The first-order valence-electron chi connectivity index (χ1n) is 9.63. The molecule has 1 aliphatic heterocycles. The highest BCUT2D eigenvalue weighted by Gasteiger charge is 2.35. The Morgan fingerprint density at radius 3 is 2.28 bits per heavy atom.